The minimum atomic E-state index is -4.38. The molecule has 7 heteroatoms. The number of ether oxygens (including phenoxy) is 1. The van der Waals surface area contributed by atoms with Crippen molar-refractivity contribution >= 4 is 18.0 Å². The van der Waals surface area contributed by atoms with Gasteiger partial charge in [-0.3, -0.25) is 9.59 Å². The first-order valence-corrected chi connectivity index (χ1v) is 6.03. The van der Waals surface area contributed by atoms with E-state index < -0.39 is 23.6 Å². The molecule has 0 aliphatic rings. The van der Waals surface area contributed by atoms with Crippen LogP contribution >= 0.6 is 0 Å². The van der Waals surface area contributed by atoms with Crippen LogP contribution in [0.1, 0.15) is 17.5 Å². The Morgan fingerprint density at radius 2 is 1.86 bits per heavy atom. The van der Waals surface area contributed by atoms with Gasteiger partial charge in [0.05, 0.1) is 19.1 Å². The number of hydrogen-bond acceptors (Lipinski definition) is 3. The Bertz CT molecular complexity index is 521. The lowest BCUT2D eigenvalue weighted by Crippen LogP contribution is -2.24. The van der Waals surface area contributed by atoms with Gasteiger partial charge in [0.2, 0.25) is 5.91 Å². The molecule has 1 aromatic carbocycles. The third kappa shape index (κ3) is 6.11. The van der Waals surface area contributed by atoms with Gasteiger partial charge in [0.1, 0.15) is 0 Å². The van der Waals surface area contributed by atoms with E-state index in [9.17, 15) is 22.8 Å². The standard InChI is InChI=1S/C14H14F3NO3/c1-21-13(20)8-9-18-12(19)7-4-10-2-5-11(6-3-10)14(15,16)17/h2-7H,8-9H2,1H3,(H,18,19)/b7-4+. The molecule has 0 aromatic heterocycles. The molecule has 1 aromatic rings. The van der Waals surface area contributed by atoms with E-state index in [1.807, 2.05) is 0 Å². The first kappa shape index (κ1) is 16.7. The molecule has 0 atom stereocenters. The molecule has 0 spiro atoms. The maximum Gasteiger partial charge on any atom is 0.416 e. The smallest absolute Gasteiger partial charge is 0.416 e. The summed E-state index contributed by atoms with van der Waals surface area (Å²) < 4.78 is 41.4. The number of nitrogens with one attached hydrogen (secondary N) is 1. The van der Waals surface area contributed by atoms with Crippen molar-refractivity contribution in [1.82, 2.24) is 5.32 Å². The summed E-state index contributed by atoms with van der Waals surface area (Å²) in [7, 11) is 1.24. The Balaban J connectivity index is 2.49. The number of alkyl halides is 3. The van der Waals surface area contributed by atoms with E-state index in [0.717, 1.165) is 12.1 Å². The number of amides is 1. The molecule has 0 aliphatic carbocycles. The largest absolute Gasteiger partial charge is 0.469 e. The van der Waals surface area contributed by atoms with Crippen LogP contribution in [0, 0.1) is 0 Å². The second-order valence-electron chi connectivity index (χ2n) is 4.07. The fourth-order valence-corrected chi connectivity index (χ4v) is 1.40. The molecule has 0 aliphatic heterocycles. The molecule has 0 heterocycles. The van der Waals surface area contributed by atoms with E-state index in [0.29, 0.717) is 5.56 Å². The Morgan fingerprint density at radius 1 is 1.24 bits per heavy atom. The zero-order chi connectivity index (χ0) is 15.9. The minimum Gasteiger partial charge on any atom is -0.469 e. The maximum absolute atomic E-state index is 12.3. The van der Waals surface area contributed by atoms with Crippen LogP contribution in [0.3, 0.4) is 0 Å². The van der Waals surface area contributed by atoms with Gasteiger partial charge < -0.3 is 10.1 Å². The van der Waals surface area contributed by atoms with Crippen LogP contribution in [-0.4, -0.2) is 25.5 Å². The van der Waals surface area contributed by atoms with Gasteiger partial charge in [0, 0.05) is 12.6 Å². The molecule has 1 amide bonds. The summed E-state index contributed by atoms with van der Waals surface area (Å²) in [5, 5.41) is 2.45. The van der Waals surface area contributed by atoms with Gasteiger partial charge in [0.15, 0.2) is 0 Å². The van der Waals surface area contributed by atoms with E-state index in [2.05, 4.69) is 10.1 Å². The van der Waals surface area contributed by atoms with Crippen LogP contribution < -0.4 is 5.32 Å². The van der Waals surface area contributed by atoms with Crippen LogP contribution in [0.15, 0.2) is 30.3 Å². The normalized spacial score (nSPS) is 11.4. The summed E-state index contributed by atoms with van der Waals surface area (Å²) in [4.78, 5) is 22.2. The average molecular weight is 301 g/mol. The zero-order valence-corrected chi connectivity index (χ0v) is 11.2. The second-order valence-corrected chi connectivity index (χ2v) is 4.07. The van der Waals surface area contributed by atoms with Gasteiger partial charge in [-0.15, -0.1) is 0 Å². The van der Waals surface area contributed by atoms with E-state index in [4.69, 9.17) is 0 Å². The van der Waals surface area contributed by atoms with Gasteiger partial charge in [0.25, 0.3) is 0 Å². The van der Waals surface area contributed by atoms with Gasteiger partial charge in [-0.2, -0.15) is 13.2 Å². The Kier molecular flexibility index (Phi) is 5.95. The SMILES string of the molecule is COC(=O)CCNC(=O)/C=C/c1ccc(C(F)(F)F)cc1. The molecule has 21 heavy (non-hydrogen) atoms. The first-order chi connectivity index (χ1) is 9.82. The highest BCUT2D eigenvalue weighted by atomic mass is 19.4. The fraction of sp³-hybridized carbons (Fsp3) is 0.286. The number of esters is 1. The number of rotatable bonds is 5. The summed E-state index contributed by atoms with van der Waals surface area (Å²) in [6.45, 7) is 0.128. The number of halogens is 3. The van der Waals surface area contributed by atoms with Crippen LogP contribution in [0.25, 0.3) is 6.08 Å². The Morgan fingerprint density at radius 3 is 2.38 bits per heavy atom. The second kappa shape index (κ2) is 7.47. The molecule has 114 valence electrons. The van der Waals surface area contributed by atoms with Crippen LogP contribution in [-0.2, 0) is 20.5 Å². The average Bonchev–Trinajstić information content (AvgIpc) is 2.44. The predicted octanol–water partition coefficient (Wildman–Crippen LogP) is 2.40. The van der Waals surface area contributed by atoms with E-state index >= 15 is 0 Å². The highest BCUT2D eigenvalue weighted by Gasteiger charge is 2.29. The Hall–Kier alpha value is -2.31. The number of hydrogen-bond donors (Lipinski definition) is 1. The van der Waals surface area contributed by atoms with Crippen LogP contribution in [0.2, 0.25) is 0 Å². The summed E-state index contributed by atoms with van der Waals surface area (Å²) >= 11 is 0. The van der Waals surface area contributed by atoms with Crippen molar-refractivity contribution in [2.75, 3.05) is 13.7 Å². The van der Waals surface area contributed by atoms with Gasteiger partial charge >= 0.3 is 12.1 Å². The van der Waals surface area contributed by atoms with Crippen molar-refractivity contribution < 1.29 is 27.5 Å². The molecule has 0 fully saturated rings. The van der Waals surface area contributed by atoms with Gasteiger partial charge in [-0.25, -0.2) is 0 Å². The molecular weight excluding hydrogens is 287 g/mol. The number of carbonyl (C=O) groups excluding carboxylic acids is 2. The lowest BCUT2D eigenvalue weighted by atomic mass is 10.1. The zero-order valence-electron chi connectivity index (χ0n) is 11.2. The van der Waals surface area contributed by atoms with Gasteiger partial charge in [-0.05, 0) is 23.8 Å². The third-order valence-corrected chi connectivity index (χ3v) is 2.52. The van der Waals surface area contributed by atoms with Crippen molar-refractivity contribution in [3.05, 3.63) is 41.5 Å². The molecule has 0 bridgehead atoms. The highest BCUT2D eigenvalue weighted by Crippen LogP contribution is 2.29. The van der Waals surface area contributed by atoms with Crippen LogP contribution in [0.5, 0.6) is 0 Å². The number of methoxy groups -OCH3 is 1. The fourth-order valence-electron chi connectivity index (χ4n) is 1.40. The quantitative estimate of drug-likeness (QED) is 0.671. The molecule has 0 saturated carbocycles. The lowest BCUT2D eigenvalue weighted by molar-refractivity contribution is -0.140. The van der Waals surface area contributed by atoms with Crippen molar-refractivity contribution in [3.63, 3.8) is 0 Å². The van der Waals surface area contributed by atoms with Crippen molar-refractivity contribution in [3.8, 4) is 0 Å². The number of benzene rings is 1. The highest BCUT2D eigenvalue weighted by molar-refractivity contribution is 5.91. The summed E-state index contributed by atoms with van der Waals surface area (Å²) in [5.41, 5.74) is -0.284. The molecular formula is C14H14F3NO3. The molecule has 0 saturated heterocycles. The molecule has 1 N–H and O–H groups in total. The van der Waals surface area contributed by atoms with Gasteiger partial charge in [-0.1, -0.05) is 12.1 Å². The molecule has 4 nitrogen and oxygen atoms in total. The Labute approximate surface area is 119 Å². The van der Waals surface area contributed by atoms with Crippen LogP contribution in [0.4, 0.5) is 13.2 Å². The van der Waals surface area contributed by atoms with E-state index in [1.165, 1.54) is 31.4 Å². The molecule has 0 unspecified atom stereocenters. The first-order valence-electron chi connectivity index (χ1n) is 6.03. The van der Waals surface area contributed by atoms with E-state index in [1.54, 1.807) is 0 Å². The number of carbonyl (C=O) groups is 2. The lowest BCUT2D eigenvalue weighted by Gasteiger charge is -2.05. The molecule has 0 radical (unpaired) electrons. The topological polar surface area (TPSA) is 55.4 Å². The van der Waals surface area contributed by atoms with Crippen molar-refractivity contribution in [2.45, 2.75) is 12.6 Å². The monoisotopic (exact) mass is 301 g/mol. The molecule has 1 rings (SSSR count). The minimum absolute atomic E-state index is 0.0519. The predicted molar refractivity (Wildman–Crippen MR) is 70.1 cm³/mol. The summed E-state index contributed by atoms with van der Waals surface area (Å²) in [5.74, 6) is -0.888. The van der Waals surface area contributed by atoms with Crippen molar-refractivity contribution in [2.24, 2.45) is 0 Å². The maximum atomic E-state index is 12.3. The van der Waals surface area contributed by atoms with E-state index in [-0.39, 0.29) is 13.0 Å². The third-order valence-electron chi connectivity index (χ3n) is 2.52. The summed E-state index contributed by atoms with van der Waals surface area (Å²) in [6, 6.07) is 4.41. The summed E-state index contributed by atoms with van der Waals surface area (Å²) in [6.07, 6.45) is -1.77. The van der Waals surface area contributed by atoms with Crippen molar-refractivity contribution in [1.29, 1.82) is 0 Å².